The number of carboxylic acid groups (broad SMARTS) is 1. The number of carbonyl (C=O) groups is 3. The van der Waals surface area contributed by atoms with Crippen LogP contribution in [0.25, 0.3) is 0 Å². The van der Waals surface area contributed by atoms with Gasteiger partial charge in [0, 0.05) is 12.6 Å². The molecular formula is C12H23N3O5. The van der Waals surface area contributed by atoms with Crippen molar-refractivity contribution in [1.82, 2.24) is 15.5 Å². The second-order valence-electron chi connectivity index (χ2n) is 4.47. The van der Waals surface area contributed by atoms with Crippen molar-refractivity contribution in [2.24, 2.45) is 0 Å². The Kier molecular flexibility index (Phi) is 9.31. The zero-order valence-electron chi connectivity index (χ0n) is 11.8. The molecule has 1 heterocycles. The highest BCUT2D eigenvalue weighted by atomic mass is 16.3. The molecule has 8 nitrogen and oxygen atoms in total. The third-order valence-corrected chi connectivity index (χ3v) is 2.87. The van der Waals surface area contributed by atoms with Gasteiger partial charge in [0.1, 0.15) is 6.04 Å². The summed E-state index contributed by atoms with van der Waals surface area (Å²) in [6, 6.07) is -0.658. The molecule has 0 saturated carbocycles. The van der Waals surface area contributed by atoms with Gasteiger partial charge in [0.2, 0.25) is 11.8 Å². The SMILES string of the molecule is CNCC(=O)N1CCCC1C(=O)NC(C)CO.O=CO. The molecule has 1 fully saturated rings. The maximum Gasteiger partial charge on any atom is 0.290 e. The van der Waals surface area contributed by atoms with Crippen molar-refractivity contribution in [1.29, 1.82) is 0 Å². The summed E-state index contributed by atoms with van der Waals surface area (Å²) in [5.41, 5.74) is 0. The number of carbonyl (C=O) groups excluding carboxylic acids is 2. The summed E-state index contributed by atoms with van der Waals surface area (Å²) in [6.07, 6.45) is 1.54. The standard InChI is InChI=1S/C11H21N3O3.CH2O2/c1-8(7-15)13-11(17)9-4-3-5-14(9)10(16)6-12-2;2-1-3/h8-9,12,15H,3-7H2,1-2H3,(H,13,17);1H,(H,2,3). The van der Waals surface area contributed by atoms with E-state index in [2.05, 4.69) is 10.6 Å². The van der Waals surface area contributed by atoms with Crippen molar-refractivity contribution >= 4 is 18.3 Å². The van der Waals surface area contributed by atoms with Crippen molar-refractivity contribution in [3.8, 4) is 0 Å². The fourth-order valence-electron chi connectivity index (χ4n) is 1.98. The molecule has 20 heavy (non-hydrogen) atoms. The minimum Gasteiger partial charge on any atom is -0.483 e. The monoisotopic (exact) mass is 289 g/mol. The quantitative estimate of drug-likeness (QED) is 0.452. The van der Waals surface area contributed by atoms with Gasteiger partial charge in [-0.2, -0.15) is 0 Å². The number of nitrogens with zero attached hydrogens (tertiary/aromatic N) is 1. The van der Waals surface area contributed by atoms with E-state index in [9.17, 15) is 9.59 Å². The first-order valence-corrected chi connectivity index (χ1v) is 6.44. The molecule has 0 aromatic rings. The highest BCUT2D eigenvalue weighted by Gasteiger charge is 2.33. The predicted octanol–water partition coefficient (Wildman–Crippen LogP) is -1.61. The van der Waals surface area contributed by atoms with Crippen LogP contribution in [-0.2, 0) is 14.4 Å². The summed E-state index contributed by atoms with van der Waals surface area (Å²) in [4.78, 5) is 33.6. The average Bonchev–Trinajstić information content (AvgIpc) is 2.89. The average molecular weight is 289 g/mol. The molecule has 2 unspecified atom stereocenters. The summed E-state index contributed by atoms with van der Waals surface area (Å²) in [5.74, 6) is -0.227. The van der Waals surface area contributed by atoms with Crippen LogP contribution in [0.1, 0.15) is 19.8 Å². The van der Waals surface area contributed by atoms with Gasteiger partial charge in [0.15, 0.2) is 0 Å². The van der Waals surface area contributed by atoms with E-state index in [1.807, 2.05) is 0 Å². The third kappa shape index (κ3) is 5.98. The summed E-state index contributed by atoms with van der Waals surface area (Å²) < 4.78 is 0. The minimum atomic E-state index is -0.384. The first-order chi connectivity index (χ1) is 9.51. The summed E-state index contributed by atoms with van der Waals surface area (Å²) in [6.45, 7) is 2.26. The van der Waals surface area contributed by atoms with E-state index in [1.54, 1.807) is 18.9 Å². The largest absolute Gasteiger partial charge is 0.483 e. The molecule has 1 aliphatic rings. The number of aliphatic hydroxyl groups is 1. The van der Waals surface area contributed by atoms with Gasteiger partial charge in [-0.25, -0.2) is 0 Å². The Morgan fingerprint density at radius 3 is 2.60 bits per heavy atom. The lowest BCUT2D eigenvalue weighted by Gasteiger charge is -2.25. The first-order valence-electron chi connectivity index (χ1n) is 6.44. The van der Waals surface area contributed by atoms with Crippen LogP contribution in [0.2, 0.25) is 0 Å². The number of likely N-dealkylation sites (N-methyl/N-ethyl adjacent to an activating group) is 1. The van der Waals surface area contributed by atoms with Crippen LogP contribution < -0.4 is 10.6 Å². The van der Waals surface area contributed by atoms with Gasteiger partial charge in [-0.15, -0.1) is 0 Å². The van der Waals surface area contributed by atoms with Crippen LogP contribution >= 0.6 is 0 Å². The van der Waals surface area contributed by atoms with Crippen molar-refractivity contribution in [3.05, 3.63) is 0 Å². The summed E-state index contributed by atoms with van der Waals surface area (Å²) >= 11 is 0. The fourth-order valence-corrected chi connectivity index (χ4v) is 1.98. The van der Waals surface area contributed by atoms with E-state index in [1.165, 1.54) is 0 Å². The molecule has 0 spiro atoms. The Balaban J connectivity index is 0.00000110. The van der Waals surface area contributed by atoms with E-state index >= 15 is 0 Å². The lowest BCUT2D eigenvalue weighted by Crippen LogP contribution is -2.50. The number of rotatable bonds is 5. The summed E-state index contributed by atoms with van der Waals surface area (Å²) in [7, 11) is 1.71. The molecule has 2 atom stereocenters. The van der Waals surface area contributed by atoms with E-state index in [0.717, 1.165) is 6.42 Å². The van der Waals surface area contributed by atoms with Crippen molar-refractivity contribution in [2.45, 2.75) is 31.8 Å². The van der Waals surface area contributed by atoms with E-state index in [0.29, 0.717) is 13.0 Å². The molecule has 8 heteroatoms. The van der Waals surface area contributed by atoms with E-state index in [-0.39, 0.29) is 43.5 Å². The molecule has 4 N–H and O–H groups in total. The van der Waals surface area contributed by atoms with Gasteiger partial charge in [-0.1, -0.05) is 0 Å². The van der Waals surface area contributed by atoms with Gasteiger partial charge < -0.3 is 25.7 Å². The van der Waals surface area contributed by atoms with Crippen molar-refractivity contribution in [2.75, 3.05) is 26.7 Å². The molecule has 2 amide bonds. The number of hydrogen-bond acceptors (Lipinski definition) is 5. The zero-order valence-corrected chi connectivity index (χ0v) is 11.8. The van der Waals surface area contributed by atoms with Gasteiger partial charge in [-0.05, 0) is 26.8 Å². The predicted molar refractivity (Wildman–Crippen MR) is 72.0 cm³/mol. The number of likely N-dealkylation sites (tertiary alicyclic amines) is 1. The number of nitrogens with one attached hydrogen (secondary N) is 2. The molecule has 0 aromatic carbocycles. The smallest absolute Gasteiger partial charge is 0.290 e. The molecule has 0 radical (unpaired) electrons. The number of aliphatic hydroxyl groups excluding tert-OH is 1. The molecule has 0 aliphatic carbocycles. The Morgan fingerprint density at radius 2 is 2.10 bits per heavy atom. The Bertz CT molecular complexity index is 324. The van der Waals surface area contributed by atoms with Gasteiger partial charge in [0.25, 0.3) is 6.47 Å². The molecular weight excluding hydrogens is 266 g/mol. The molecule has 1 rings (SSSR count). The van der Waals surface area contributed by atoms with Crippen LogP contribution in [0.15, 0.2) is 0 Å². The zero-order chi connectivity index (χ0) is 15.5. The fraction of sp³-hybridized carbons (Fsp3) is 0.750. The van der Waals surface area contributed by atoms with Gasteiger partial charge in [-0.3, -0.25) is 14.4 Å². The highest BCUT2D eigenvalue weighted by Crippen LogP contribution is 2.17. The minimum absolute atomic E-state index is 0.0539. The van der Waals surface area contributed by atoms with Crippen LogP contribution in [-0.4, -0.2) is 72.2 Å². The Morgan fingerprint density at radius 1 is 1.50 bits per heavy atom. The van der Waals surface area contributed by atoms with Crippen LogP contribution in [0.5, 0.6) is 0 Å². The Hall–Kier alpha value is -1.67. The molecule has 1 saturated heterocycles. The van der Waals surface area contributed by atoms with Crippen molar-refractivity contribution in [3.63, 3.8) is 0 Å². The van der Waals surface area contributed by atoms with Crippen LogP contribution in [0.4, 0.5) is 0 Å². The van der Waals surface area contributed by atoms with Crippen molar-refractivity contribution < 1.29 is 24.6 Å². The Labute approximate surface area is 118 Å². The lowest BCUT2D eigenvalue weighted by molar-refractivity contribution is -0.138. The molecule has 1 aliphatic heterocycles. The van der Waals surface area contributed by atoms with Gasteiger partial charge >= 0.3 is 0 Å². The maximum atomic E-state index is 11.9. The number of amides is 2. The van der Waals surface area contributed by atoms with E-state index in [4.69, 9.17) is 15.0 Å². The third-order valence-electron chi connectivity index (χ3n) is 2.87. The second-order valence-corrected chi connectivity index (χ2v) is 4.47. The lowest BCUT2D eigenvalue weighted by atomic mass is 10.2. The molecule has 0 bridgehead atoms. The normalized spacial score (nSPS) is 18.8. The molecule has 116 valence electrons. The number of hydrogen-bond donors (Lipinski definition) is 4. The second kappa shape index (κ2) is 10.2. The molecule has 0 aromatic heterocycles. The summed E-state index contributed by atoms with van der Waals surface area (Å²) in [5, 5.41) is 21.3. The topological polar surface area (TPSA) is 119 Å². The van der Waals surface area contributed by atoms with Crippen LogP contribution in [0, 0.1) is 0 Å². The first kappa shape index (κ1) is 18.3. The highest BCUT2D eigenvalue weighted by molar-refractivity contribution is 5.89. The van der Waals surface area contributed by atoms with Crippen LogP contribution in [0.3, 0.4) is 0 Å². The van der Waals surface area contributed by atoms with Gasteiger partial charge in [0.05, 0.1) is 13.2 Å². The van der Waals surface area contributed by atoms with E-state index < -0.39 is 0 Å². The maximum absolute atomic E-state index is 11.9.